The molecule has 0 spiro atoms. The van der Waals surface area contributed by atoms with Gasteiger partial charge in [0.05, 0.1) is 35.3 Å². The minimum atomic E-state index is -3.48. The van der Waals surface area contributed by atoms with E-state index in [1.165, 1.54) is 36.9 Å². The van der Waals surface area contributed by atoms with Gasteiger partial charge in [-0.1, -0.05) is 54.2 Å². The van der Waals surface area contributed by atoms with Crippen molar-refractivity contribution in [3.63, 3.8) is 0 Å². The first-order valence-electron chi connectivity index (χ1n) is 44.1. The number of piperazine rings is 3. The molecule has 528 valence electrons. The lowest BCUT2D eigenvalue weighted by atomic mass is 10.1. The highest BCUT2D eigenvalue weighted by Crippen LogP contribution is 2.23. The van der Waals surface area contributed by atoms with Crippen LogP contribution in [0, 0.1) is 56.3 Å². The first kappa shape index (κ1) is 48.8. The third-order valence-electron chi connectivity index (χ3n) is 16.8. The maximum absolute atomic E-state index is 13.1. The molecule has 105 heavy (non-hydrogen) atoms. The molecule has 3 aromatic carbocycles. The summed E-state index contributed by atoms with van der Waals surface area (Å²) in [6.45, 7) is -22.9. The van der Waals surface area contributed by atoms with Crippen molar-refractivity contribution >= 4 is 51.7 Å². The lowest BCUT2D eigenvalue weighted by molar-refractivity contribution is 0.101. The average Bonchev–Trinajstić information content (AvgIpc) is 1.02. The molecule has 12 aromatic rings. The molecule has 12 heterocycles. The van der Waals surface area contributed by atoms with Crippen LogP contribution in [0.25, 0.3) is 16.9 Å². The largest absolute Gasteiger partial charge is 0.322 e. The number of carbonyl (C=O) groups is 3. The summed E-state index contributed by atoms with van der Waals surface area (Å²) in [4.78, 5) is 69.2. The topological polar surface area (TPSA) is 197 Å². The van der Waals surface area contributed by atoms with Gasteiger partial charge < -0.3 is 30.7 Å². The number of anilines is 3. The zero-order valence-electron chi connectivity index (χ0n) is 79.4. The fourth-order valence-electron chi connectivity index (χ4n) is 11.1. The number of pyridine rings is 6. The predicted molar refractivity (Wildman–Crippen MR) is 412 cm³/mol. The van der Waals surface area contributed by atoms with Gasteiger partial charge in [-0.05, 0) is 184 Å². The van der Waals surface area contributed by atoms with E-state index in [0.29, 0.717) is 114 Å². The smallest absolute Gasteiger partial charge is 0.257 e. The van der Waals surface area contributed by atoms with Gasteiger partial charge in [-0.2, -0.15) is 0 Å². The molecule has 21 nitrogen and oxygen atoms in total. The van der Waals surface area contributed by atoms with Crippen molar-refractivity contribution in [2.75, 3.05) is 115 Å². The first-order valence-corrected chi connectivity index (χ1v) is 33.1. The predicted octanol–water partition coefficient (Wildman–Crippen LogP) is 10.3. The van der Waals surface area contributed by atoms with Crippen LogP contribution in [0.5, 0.6) is 0 Å². The summed E-state index contributed by atoms with van der Waals surface area (Å²) in [5.74, 6) is 17.0. The number of amides is 3. The van der Waals surface area contributed by atoms with Crippen LogP contribution in [0.15, 0.2) is 202 Å². The Hall–Kier alpha value is -12.0. The second-order valence-electron chi connectivity index (χ2n) is 24.4. The number of hydrogen-bond acceptors (Lipinski definition) is 15. The number of nitrogens with one attached hydrogen (secondary N) is 3. The molecule has 21 heteroatoms. The fraction of sp³-hybridized carbons (Fsp3) is 0.250. The minimum absolute atomic E-state index is 0.227. The Morgan fingerprint density at radius 3 is 1.08 bits per heavy atom. The Morgan fingerprint density at radius 2 is 0.733 bits per heavy atom. The molecular weight excluding hydrogens is 1310 g/mol. The number of hydrogen-bond donors (Lipinski definition) is 3. The van der Waals surface area contributed by atoms with Crippen LogP contribution in [-0.2, 0) is 19.6 Å². The second-order valence-corrected chi connectivity index (χ2v) is 24.4. The van der Waals surface area contributed by atoms with Gasteiger partial charge in [-0.25, -0.2) is 15.0 Å². The highest BCUT2D eigenvalue weighted by atomic mass is 16.2. The summed E-state index contributed by atoms with van der Waals surface area (Å²) in [6, 6.07) is 37.0. The van der Waals surface area contributed by atoms with Crippen LogP contribution >= 0.6 is 0 Å². The van der Waals surface area contributed by atoms with Crippen molar-refractivity contribution < 1.29 is 44.5 Å². The molecule has 3 amide bonds. The van der Waals surface area contributed by atoms with Crippen molar-refractivity contribution in [2.24, 2.45) is 0 Å². The Labute approximate surface area is 643 Å². The van der Waals surface area contributed by atoms with Gasteiger partial charge in [-0.15, -0.1) is 0 Å². The van der Waals surface area contributed by atoms with Crippen molar-refractivity contribution in [3.05, 3.63) is 286 Å². The quantitative estimate of drug-likeness (QED) is 0.0976. The number of rotatable bonds is 12. The van der Waals surface area contributed by atoms with Crippen LogP contribution in [0.2, 0.25) is 0 Å². The van der Waals surface area contributed by atoms with E-state index in [-0.39, 0.29) is 21.9 Å². The molecular formula is C84H84N18O3. The van der Waals surface area contributed by atoms with Crippen molar-refractivity contribution in [1.29, 1.82) is 0 Å². The zero-order chi connectivity index (χ0) is 91.9. The lowest BCUT2D eigenvalue weighted by Crippen LogP contribution is -2.43. The molecule has 3 aliphatic rings. The van der Waals surface area contributed by atoms with E-state index in [2.05, 4.69) is 86.3 Å². The molecule has 3 fully saturated rings. The Balaban J connectivity index is 0.000000164. The SMILES string of the molecule is [2H]C([2H])([2H])N1C([2H])([2H])C([2H])([2H])N(Cc2ccc(NC(=O)c3cncc(C#Cc4cnc5ccccn45)c3)cc2C)C([2H])([2H])C1([2H])[2H].[2H]C([2H])([2H])N1CCN(Cc2ccc(NC(=O)c3cncc(C#Cc4cnc5ccccn45)c3)cc2C)CC1.[2H]C1([2H])N(C)C([2H])([2H])C([2H])([2H])N(Cc2ccc(NC(=O)c3cncc(C#Cc4cnc5ccccn45)c3)cc2C)C1([2H])[2H]. The van der Waals surface area contributed by atoms with Crippen molar-refractivity contribution in [2.45, 2.75) is 40.4 Å². The molecule has 3 saturated heterocycles. The monoisotopic (exact) mass is 1410 g/mol. The molecule has 0 aliphatic carbocycles. The van der Waals surface area contributed by atoms with Crippen LogP contribution < -0.4 is 16.0 Å². The molecule has 3 N–H and O–H groups in total. The summed E-state index contributed by atoms with van der Waals surface area (Å²) in [7, 11) is 1.02. The lowest BCUT2D eigenvalue weighted by Gasteiger charge is -2.32. The molecule has 3 aliphatic heterocycles. The number of fused-ring (bicyclic) bond motifs is 3. The third-order valence-corrected chi connectivity index (χ3v) is 16.8. The van der Waals surface area contributed by atoms with E-state index >= 15 is 0 Å². The molecule has 9 aromatic heterocycles. The van der Waals surface area contributed by atoms with Crippen LogP contribution in [0.1, 0.15) is 128 Å². The van der Waals surface area contributed by atoms with E-state index in [1.807, 2.05) is 112 Å². The molecule has 0 saturated carbocycles. The standard InChI is InChI=1S/3C28H28N6O/c3*1-21-15-25(8-7-23(21)20-33-13-11-32(2)12-14-33)31-28(35)24-16-22(17-29-18-24)6-9-26-19-30-27-5-3-4-10-34(26)27/h3*3-5,7-8,10,15-19H,11-14,20H2,1-2H3,(H,31,35)/i2D3,11D2,12D2,13D2,14D2;11D2,12D2,13D2,14D2;2D3. The maximum Gasteiger partial charge on any atom is 0.257 e. The second kappa shape index (κ2) is 33.9. The van der Waals surface area contributed by atoms with Gasteiger partial charge in [0.1, 0.15) is 34.0 Å². The van der Waals surface area contributed by atoms with E-state index < -0.39 is 90.8 Å². The normalized spacial score (nSPS) is 21.6. The first-order chi connectivity index (χ1) is 59.6. The summed E-state index contributed by atoms with van der Waals surface area (Å²) >= 11 is 0. The summed E-state index contributed by atoms with van der Waals surface area (Å²) in [6.07, 6.45) is 19.6. The molecule has 15 rings (SSSR count). The van der Waals surface area contributed by atoms with E-state index in [9.17, 15) is 14.4 Å². The molecule has 0 atom stereocenters. The van der Waals surface area contributed by atoms with Gasteiger partial charge in [0.25, 0.3) is 17.7 Å². The van der Waals surface area contributed by atoms with E-state index in [0.717, 1.165) is 47.4 Å². The average molecular weight is 1420 g/mol. The zero-order valence-corrected chi connectivity index (χ0v) is 57.4. The van der Waals surface area contributed by atoms with Crippen LogP contribution in [0.4, 0.5) is 17.1 Å². The number of aryl methyl sites for hydroxylation is 3. The third kappa shape index (κ3) is 19.0. The number of benzene rings is 3. The Morgan fingerprint density at radius 1 is 0.390 bits per heavy atom. The number of aromatic nitrogens is 9. The van der Waals surface area contributed by atoms with Gasteiger partial charge in [-0.3, -0.25) is 57.2 Å². The molecule has 0 bridgehead atoms. The Kier molecular flexibility index (Phi) is 15.8. The van der Waals surface area contributed by atoms with Crippen molar-refractivity contribution in [3.8, 4) is 35.5 Å². The minimum Gasteiger partial charge on any atom is -0.322 e. The molecule has 0 unspecified atom stereocenters. The maximum atomic E-state index is 13.1. The number of carbonyl (C=O) groups excluding carboxylic acids is 3. The summed E-state index contributed by atoms with van der Waals surface area (Å²) in [5, 5.41) is 8.48. The van der Waals surface area contributed by atoms with Crippen molar-refractivity contribution in [1.82, 2.24) is 72.5 Å². The van der Waals surface area contributed by atoms with Crippen LogP contribution in [0.3, 0.4) is 0 Å². The Bertz CT molecular complexity index is 6330. The van der Waals surface area contributed by atoms with E-state index in [1.54, 1.807) is 92.2 Å². The van der Waals surface area contributed by atoms with Gasteiger partial charge in [0.2, 0.25) is 0 Å². The van der Waals surface area contributed by atoms with Gasteiger partial charge in [0, 0.05) is 217 Å². The highest BCUT2D eigenvalue weighted by Gasteiger charge is 2.20. The number of likely N-dealkylation sites (N-methyl/N-ethyl adjacent to an activating group) is 3. The van der Waals surface area contributed by atoms with Gasteiger partial charge in [0.15, 0.2) is 0 Å². The van der Waals surface area contributed by atoms with E-state index in [4.69, 9.17) is 30.2 Å². The van der Waals surface area contributed by atoms with Gasteiger partial charge >= 0.3 is 0 Å². The summed E-state index contributed by atoms with van der Waals surface area (Å²) < 4.78 is 185. The van der Waals surface area contributed by atoms with Crippen LogP contribution in [-0.4, -0.2) is 189 Å². The highest BCUT2D eigenvalue weighted by molar-refractivity contribution is 6.05. The molecule has 0 radical (unpaired) electrons. The fourth-order valence-corrected chi connectivity index (χ4v) is 11.1. The summed E-state index contributed by atoms with van der Waals surface area (Å²) in [5.41, 5.74) is 12.4. The number of imidazole rings is 3. The number of nitrogens with zero attached hydrogens (tertiary/aromatic N) is 15.